The second-order valence-corrected chi connectivity index (χ2v) is 11.1. The quantitative estimate of drug-likeness (QED) is 0.252. The second kappa shape index (κ2) is 11.3. The number of hydrogen-bond acceptors (Lipinski definition) is 5. The summed E-state index contributed by atoms with van der Waals surface area (Å²) >= 11 is 0. The molecule has 0 N–H and O–H groups in total. The van der Waals surface area contributed by atoms with E-state index >= 15 is 0 Å². The Balaban J connectivity index is 1.13. The van der Waals surface area contributed by atoms with Crippen LogP contribution in [0.2, 0.25) is 0 Å². The molecule has 1 unspecified atom stereocenters. The van der Waals surface area contributed by atoms with Crippen molar-refractivity contribution in [1.82, 2.24) is 19.2 Å². The maximum atomic E-state index is 14.0. The first kappa shape index (κ1) is 26.3. The molecule has 7 nitrogen and oxygen atoms in total. The van der Waals surface area contributed by atoms with Crippen LogP contribution in [0.4, 0.5) is 0 Å². The molecule has 0 radical (unpaired) electrons. The van der Waals surface area contributed by atoms with E-state index < -0.39 is 0 Å². The predicted molar refractivity (Wildman–Crippen MR) is 162 cm³/mol. The normalized spacial score (nSPS) is 15.8. The topological polar surface area (TPSA) is 59.3 Å². The molecule has 4 heterocycles. The molecule has 2 aromatic heterocycles. The van der Waals surface area contributed by atoms with E-state index in [4.69, 9.17) is 9.47 Å². The second-order valence-electron chi connectivity index (χ2n) is 11.1. The van der Waals surface area contributed by atoms with E-state index in [1.165, 1.54) is 11.1 Å². The highest BCUT2D eigenvalue weighted by atomic mass is 16.7. The van der Waals surface area contributed by atoms with E-state index in [1.54, 1.807) is 0 Å². The van der Waals surface area contributed by atoms with Crippen molar-refractivity contribution in [2.45, 2.75) is 25.3 Å². The van der Waals surface area contributed by atoms with Gasteiger partial charge in [-0.05, 0) is 47.4 Å². The van der Waals surface area contributed by atoms with E-state index in [9.17, 15) is 4.79 Å². The number of piperazine rings is 1. The highest BCUT2D eigenvalue weighted by Crippen LogP contribution is 2.38. The van der Waals surface area contributed by atoms with Crippen LogP contribution in [0, 0.1) is 6.92 Å². The van der Waals surface area contributed by atoms with Gasteiger partial charge in [0.25, 0.3) is 0 Å². The van der Waals surface area contributed by atoms with Crippen molar-refractivity contribution < 1.29 is 14.3 Å². The molecule has 0 aliphatic carbocycles. The third kappa shape index (κ3) is 5.12. The summed E-state index contributed by atoms with van der Waals surface area (Å²) in [6.07, 6.45) is 4.34. The number of ether oxygens (including phenoxy) is 2. The predicted octanol–water partition coefficient (Wildman–Crippen LogP) is 5.83. The number of amides is 1. The van der Waals surface area contributed by atoms with Gasteiger partial charge in [0.15, 0.2) is 11.5 Å². The lowest BCUT2D eigenvalue weighted by Gasteiger charge is -2.40. The van der Waals surface area contributed by atoms with Crippen molar-refractivity contribution in [2.75, 3.05) is 33.0 Å². The third-order valence-electron chi connectivity index (χ3n) is 8.48. The smallest absolute Gasteiger partial charge is 0.231 e. The number of benzene rings is 3. The molecule has 7 heteroatoms. The molecular weight excluding hydrogens is 524 g/mol. The fourth-order valence-corrected chi connectivity index (χ4v) is 6.30. The van der Waals surface area contributed by atoms with Crippen LogP contribution in [0.1, 0.15) is 46.3 Å². The fourth-order valence-electron chi connectivity index (χ4n) is 6.30. The molecule has 1 fully saturated rings. The van der Waals surface area contributed by atoms with Crippen LogP contribution < -0.4 is 9.47 Å². The monoisotopic (exact) mass is 558 g/mol. The summed E-state index contributed by atoms with van der Waals surface area (Å²) in [4.78, 5) is 23.1. The van der Waals surface area contributed by atoms with Gasteiger partial charge in [0, 0.05) is 50.9 Å². The number of aromatic nitrogens is 2. The Bertz CT molecular complexity index is 1650. The lowest BCUT2D eigenvalue weighted by atomic mass is 9.91. The molecular formula is C35H34N4O3. The van der Waals surface area contributed by atoms with Gasteiger partial charge in [-0.2, -0.15) is 0 Å². The van der Waals surface area contributed by atoms with Gasteiger partial charge in [-0.25, -0.2) is 4.98 Å². The fraction of sp³-hybridized carbons (Fsp3) is 0.257. The Hall–Kier alpha value is -4.62. The summed E-state index contributed by atoms with van der Waals surface area (Å²) in [5, 5.41) is 0. The number of carbonyl (C=O) groups excluding carboxylic acids is 1. The summed E-state index contributed by atoms with van der Waals surface area (Å²) < 4.78 is 13.4. The maximum Gasteiger partial charge on any atom is 0.231 e. The third-order valence-corrected chi connectivity index (χ3v) is 8.48. The number of carbonyl (C=O) groups is 1. The molecule has 0 spiro atoms. The summed E-state index contributed by atoms with van der Waals surface area (Å²) in [6.45, 7) is 5.29. The number of pyridine rings is 1. The Morgan fingerprint density at radius 1 is 0.810 bits per heavy atom. The van der Waals surface area contributed by atoms with E-state index in [-0.39, 0.29) is 24.7 Å². The van der Waals surface area contributed by atoms with Crippen LogP contribution >= 0.6 is 0 Å². The minimum absolute atomic E-state index is 0.149. The first-order valence-corrected chi connectivity index (χ1v) is 14.6. The molecule has 42 heavy (non-hydrogen) atoms. The zero-order valence-electron chi connectivity index (χ0n) is 23.7. The standard InChI is InChI=1S/C35H34N4O3/c1-25-12-15-33-36-22-30(39(33)23-25)29(28-13-14-31-32(20-28)42-24-41-31)21-34(40)37-16-18-38(19-17-37)35(26-8-4-2-5-9-26)27-10-6-3-7-11-27/h2-15,20,22-23,29,35H,16-19,21,24H2,1H3. The van der Waals surface area contributed by atoms with Gasteiger partial charge in [-0.15, -0.1) is 0 Å². The lowest BCUT2D eigenvalue weighted by Crippen LogP contribution is -2.50. The maximum absolute atomic E-state index is 14.0. The molecule has 2 aliphatic rings. The zero-order chi connectivity index (χ0) is 28.5. The number of aryl methyl sites for hydroxylation is 1. The van der Waals surface area contributed by atoms with Crippen molar-refractivity contribution in [1.29, 1.82) is 0 Å². The average molecular weight is 559 g/mol. The molecule has 0 saturated carbocycles. The van der Waals surface area contributed by atoms with E-state index in [0.717, 1.165) is 47.1 Å². The van der Waals surface area contributed by atoms with Crippen LogP contribution in [0.25, 0.3) is 5.65 Å². The van der Waals surface area contributed by atoms with Gasteiger partial charge in [-0.1, -0.05) is 72.8 Å². The van der Waals surface area contributed by atoms with Crippen LogP contribution in [0.3, 0.4) is 0 Å². The summed E-state index contributed by atoms with van der Waals surface area (Å²) in [5.74, 6) is 1.43. The van der Waals surface area contributed by atoms with Crippen LogP contribution in [0.5, 0.6) is 11.5 Å². The molecule has 5 aromatic rings. The SMILES string of the molecule is Cc1ccc2ncc(C(CC(=O)N3CCN(C(c4ccccc4)c4ccccc4)CC3)c3ccc4c(c3)OCO4)n2c1. The number of fused-ring (bicyclic) bond motifs is 2. The van der Waals surface area contributed by atoms with E-state index in [1.807, 2.05) is 35.4 Å². The summed E-state index contributed by atoms with van der Waals surface area (Å²) in [5.41, 5.74) is 6.56. The summed E-state index contributed by atoms with van der Waals surface area (Å²) in [6, 6.07) is 31.5. The van der Waals surface area contributed by atoms with Crippen molar-refractivity contribution in [3.63, 3.8) is 0 Å². The van der Waals surface area contributed by atoms with Crippen molar-refractivity contribution in [3.8, 4) is 11.5 Å². The van der Waals surface area contributed by atoms with Crippen LogP contribution in [-0.2, 0) is 4.79 Å². The number of imidazole rings is 1. The van der Waals surface area contributed by atoms with Gasteiger partial charge in [0.1, 0.15) is 5.65 Å². The van der Waals surface area contributed by atoms with Crippen LogP contribution in [0.15, 0.2) is 103 Å². The highest BCUT2D eigenvalue weighted by Gasteiger charge is 2.31. The Kier molecular flexibility index (Phi) is 7.10. The first-order valence-electron chi connectivity index (χ1n) is 14.6. The Morgan fingerprint density at radius 3 is 2.21 bits per heavy atom. The van der Waals surface area contributed by atoms with E-state index in [0.29, 0.717) is 19.5 Å². The van der Waals surface area contributed by atoms with Gasteiger partial charge < -0.3 is 18.8 Å². The molecule has 0 bridgehead atoms. The molecule has 7 rings (SSSR count). The Labute approximate surface area is 245 Å². The molecule has 1 saturated heterocycles. The van der Waals surface area contributed by atoms with Crippen molar-refractivity contribution >= 4 is 11.6 Å². The minimum atomic E-state index is -0.178. The van der Waals surface area contributed by atoms with Gasteiger partial charge in [0.2, 0.25) is 12.7 Å². The van der Waals surface area contributed by atoms with E-state index in [2.05, 4.69) is 94.1 Å². The average Bonchev–Trinajstić information content (AvgIpc) is 3.68. The molecule has 1 amide bonds. The lowest BCUT2D eigenvalue weighted by molar-refractivity contribution is -0.133. The Morgan fingerprint density at radius 2 is 1.50 bits per heavy atom. The van der Waals surface area contributed by atoms with Crippen molar-refractivity contribution in [3.05, 3.63) is 131 Å². The summed E-state index contributed by atoms with van der Waals surface area (Å²) in [7, 11) is 0. The molecule has 2 aliphatic heterocycles. The van der Waals surface area contributed by atoms with Gasteiger partial charge >= 0.3 is 0 Å². The van der Waals surface area contributed by atoms with Crippen molar-refractivity contribution in [2.24, 2.45) is 0 Å². The van der Waals surface area contributed by atoms with Gasteiger partial charge in [-0.3, -0.25) is 9.69 Å². The molecule has 3 aromatic carbocycles. The zero-order valence-corrected chi connectivity index (χ0v) is 23.7. The first-order chi connectivity index (χ1) is 20.6. The van der Waals surface area contributed by atoms with Gasteiger partial charge in [0.05, 0.1) is 11.7 Å². The largest absolute Gasteiger partial charge is 0.454 e. The number of nitrogens with zero attached hydrogens (tertiary/aromatic N) is 4. The molecule has 1 atom stereocenters. The molecule has 212 valence electrons. The highest BCUT2D eigenvalue weighted by molar-refractivity contribution is 5.78. The number of rotatable bonds is 7. The minimum Gasteiger partial charge on any atom is -0.454 e. The number of hydrogen-bond donors (Lipinski definition) is 0. The van der Waals surface area contributed by atoms with Crippen LogP contribution in [-0.4, -0.2) is 58.1 Å².